The average molecular weight is 807 g/mol. The van der Waals surface area contributed by atoms with Crippen molar-refractivity contribution in [3.63, 3.8) is 0 Å². The fourth-order valence-corrected chi connectivity index (χ4v) is 6.65. The van der Waals surface area contributed by atoms with Crippen LogP contribution in [0.25, 0.3) is 16.8 Å². The predicted molar refractivity (Wildman–Crippen MR) is 200 cm³/mol. The highest BCUT2D eigenvalue weighted by Gasteiger charge is 2.37. The van der Waals surface area contributed by atoms with E-state index in [-0.39, 0.29) is 17.9 Å². The van der Waals surface area contributed by atoms with Crippen LogP contribution in [0.3, 0.4) is 0 Å². The van der Waals surface area contributed by atoms with Crippen LogP contribution >= 0.6 is 45.8 Å². The van der Waals surface area contributed by atoms with Gasteiger partial charge >= 0.3 is 6.03 Å². The third-order valence-electron chi connectivity index (χ3n) is 7.88. The van der Waals surface area contributed by atoms with Gasteiger partial charge in [0.15, 0.2) is 11.5 Å². The van der Waals surface area contributed by atoms with E-state index >= 15 is 0 Å². The fraction of sp³-hybridized carbons (Fsp3) is 0.132. The number of anilines is 1. The molecule has 1 saturated heterocycles. The first-order valence-electron chi connectivity index (χ1n) is 15.3. The number of nitrogens with zero attached hydrogens (tertiary/aromatic N) is 1. The predicted octanol–water partition coefficient (Wildman–Crippen LogP) is 9.28. The van der Waals surface area contributed by atoms with Crippen LogP contribution in [0.5, 0.6) is 17.2 Å². The van der Waals surface area contributed by atoms with Crippen LogP contribution in [-0.2, 0) is 22.8 Å². The van der Waals surface area contributed by atoms with Crippen molar-refractivity contribution in [2.75, 3.05) is 11.5 Å². The van der Waals surface area contributed by atoms with Gasteiger partial charge in [0.1, 0.15) is 24.5 Å². The molecule has 0 aliphatic carbocycles. The Morgan fingerprint density at radius 3 is 2.39 bits per heavy atom. The molecule has 0 unspecified atom stereocenters. The molecule has 0 atom stereocenters. The molecule has 0 saturated carbocycles. The summed E-state index contributed by atoms with van der Waals surface area (Å²) in [6.07, 6.45) is 1.44. The topological polar surface area (TPSA) is 94.2 Å². The van der Waals surface area contributed by atoms with Crippen LogP contribution in [0.15, 0.2) is 96.6 Å². The van der Waals surface area contributed by atoms with E-state index in [0.29, 0.717) is 46.1 Å². The van der Waals surface area contributed by atoms with Gasteiger partial charge in [0.05, 0.1) is 15.9 Å². The number of benzene rings is 5. The monoisotopic (exact) mass is 806 g/mol. The lowest BCUT2D eigenvalue weighted by atomic mass is 10.0. The molecule has 1 heterocycles. The highest BCUT2D eigenvalue weighted by Crippen LogP contribution is 2.37. The van der Waals surface area contributed by atoms with Crippen molar-refractivity contribution in [3.05, 3.63) is 132 Å². The number of hydrogen-bond donors (Lipinski definition) is 1. The molecule has 0 aromatic heterocycles. The largest absolute Gasteiger partial charge is 0.490 e. The minimum atomic E-state index is -0.856. The third kappa shape index (κ3) is 7.54. The molecule has 1 N–H and O–H groups in total. The first kappa shape index (κ1) is 34.3. The molecule has 5 aromatic rings. The number of barbiturate groups is 1. The molecule has 0 radical (unpaired) electrons. The molecule has 0 bridgehead atoms. The van der Waals surface area contributed by atoms with Gasteiger partial charge in [-0.2, -0.15) is 0 Å². The van der Waals surface area contributed by atoms with Gasteiger partial charge < -0.3 is 14.2 Å². The molecule has 11 heteroatoms. The van der Waals surface area contributed by atoms with Crippen LogP contribution in [0, 0.1) is 10.5 Å². The van der Waals surface area contributed by atoms with Gasteiger partial charge in [-0.05, 0) is 113 Å². The number of fused-ring (bicyclic) bond motifs is 1. The van der Waals surface area contributed by atoms with Crippen LogP contribution in [0.4, 0.5) is 10.5 Å². The van der Waals surface area contributed by atoms with Crippen LogP contribution in [0.1, 0.15) is 29.2 Å². The lowest BCUT2D eigenvalue weighted by Crippen LogP contribution is -2.54. The van der Waals surface area contributed by atoms with E-state index in [1.165, 1.54) is 6.08 Å². The van der Waals surface area contributed by atoms with E-state index in [4.69, 9.17) is 37.4 Å². The van der Waals surface area contributed by atoms with Gasteiger partial charge in [-0.15, -0.1) is 0 Å². The second kappa shape index (κ2) is 14.9. The summed E-state index contributed by atoms with van der Waals surface area (Å²) >= 11 is 14.4. The van der Waals surface area contributed by atoms with Gasteiger partial charge in [0, 0.05) is 21.2 Å². The lowest BCUT2D eigenvalue weighted by Gasteiger charge is -2.26. The summed E-state index contributed by atoms with van der Waals surface area (Å²) in [4.78, 5) is 40.3. The normalized spacial score (nSPS) is 13.9. The molecule has 1 fully saturated rings. The summed E-state index contributed by atoms with van der Waals surface area (Å²) in [5.41, 5.74) is 3.50. The molecule has 5 aromatic carbocycles. The zero-order chi connectivity index (χ0) is 34.7. The van der Waals surface area contributed by atoms with E-state index in [1.54, 1.807) is 54.6 Å². The molecule has 49 heavy (non-hydrogen) atoms. The Kier molecular flexibility index (Phi) is 10.4. The highest BCUT2D eigenvalue weighted by atomic mass is 127. The maximum Gasteiger partial charge on any atom is 0.335 e. The number of carbonyl (C=O) groups excluding carboxylic acids is 3. The Bertz CT molecular complexity index is 2130. The molecule has 4 amide bonds. The number of amides is 4. The summed E-state index contributed by atoms with van der Waals surface area (Å²) in [6, 6.07) is 26.5. The summed E-state index contributed by atoms with van der Waals surface area (Å²) in [6.45, 7) is 4.79. The van der Waals surface area contributed by atoms with E-state index in [9.17, 15) is 14.4 Å². The molecule has 248 valence electrons. The Hall–Kier alpha value is -4.58. The van der Waals surface area contributed by atoms with Crippen molar-refractivity contribution in [1.29, 1.82) is 0 Å². The quantitative estimate of drug-likeness (QED) is 0.0860. The Labute approximate surface area is 306 Å². The number of hydrogen-bond acceptors (Lipinski definition) is 6. The Morgan fingerprint density at radius 1 is 0.857 bits per heavy atom. The number of halogens is 3. The smallest absolute Gasteiger partial charge is 0.335 e. The van der Waals surface area contributed by atoms with Crippen LogP contribution in [-0.4, -0.2) is 24.5 Å². The first-order valence-corrected chi connectivity index (χ1v) is 17.1. The molecule has 0 spiro atoms. The maximum absolute atomic E-state index is 13.6. The summed E-state index contributed by atoms with van der Waals surface area (Å²) in [5.74, 6) is -0.0664. The van der Waals surface area contributed by atoms with Gasteiger partial charge in [-0.25, -0.2) is 9.69 Å². The SMILES string of the molecule is CCOc1cc(/C=C2\C(=O)NC(=O)N(c3ccc(OCc4ccc(Cl)cc4Cl)cc3)C2=O)cc(I)c1OCc1c(C)ccc2ccccc12. The summed E-state index contributed by atoms with van der Waals surface area (Å²) < 4.78 is 18.9. The van der Waals surface area contributed by atoms with Gasteiger partial charge in [0.25, 0.3) is 11.8 Å². The summed E-state index contributed by atoms with van der Waals surface area (Å²) in [7, 11) is 0. The summed E-state index contributed by atoms with van der Waals surface area (Å²) in [5, 5.41) is 5.51. The van der Waals surface area contributed by atoms with Crippen molar-refractivity contribution >= 4 is 86.2 Å². The van der Waals surface area contributed by atoms with Crippen molar-refractivity contribution in [1.82, 2.24) is 5.32 Å². The number of urea groups is 1. The van der Waals surface area contributed by atoms with Crippen molar-refractivity contribution in [3.8, 4) is 17.2 Å². The van der Waals surface area contributed by atoms with Crippen molar-refractivity contribution in [2.24, 2.45) is 0 Å². The molecule has 8 nitrogen and oxygen atoms in total. The Balaban J connectivity index is 1.23. The second-order valence-electron chi connectivity index (χ2n) is 11.1. The fourth-order valence-electron chi connectivity index (χ4n) is 5.41. The van der Waals surface area contributed by atoms with E-state index in [2.05, 4.69) is 59.1 Å². The number of rotatable bonds is 10. The van der Waals surface area contributed by atoms with E-state index in [0.717, 1.165) is 35.9 Å². The molecule has 6 rings (SSSR count). The molecule has 1 aliphatic heterocycles. The number of ether oxygens (including phenoxy) is 3. The van der Waals surface area contributed by atoms with Crippen molar-refractivity contribution < 1.29 is 28.6 Å². The Morgan fingerprint density at radius 2 is 1.63 bits per heavy atom. The van der Waals surface area contributed by atoms with Gasteiger partial charge in [-0.1, -0.05) is 65.7 Å². The number of nitrogens with one attached hydrogen (secondary N) is 1. The molecular formula is C38H29Cl2IN2O6. The minimum absolute atomic E-state index is 0.190. The van der Waals surface area contributed by atoms with Crippen molar-refractivity contribution in [2.45, 2.75) is 27.1 Å². The van der Waals surface area contributed by atoms with Crippen LogP contribution < -0.4 is 24.4 Å². The zero-order valence-electron chi connectivity index (χ0n) is 26.4. The minimum Gasteiger partial charge on any atom is -0.490 e. The highest BCUT2D eigenvalue weighted by molar-refractivity contribution is 14.1. The van der Waals surface area contributed by atoms with Gasteiger partial charge in [0.2, 0.25) is 0 Å². The maximum atomic E-state index is 13.6. The number of aryl methyl sites for hydroxylation is 1. The van der Waals surface area contributed by atoms with E-state index in [1.807, 2.05) is 19.1 Å². The number of carbonyl (C=O) groups is 3. The average Bonchev–Trinajstić information content (AvgIpc) is 3.07. The zero-order valence-corrected chi connectivity index (χ0v) is 30.1. The van der Waals surface area contributed by atoms with Gasteiger partial charge in [-0.3, -0.25) is 14.9 Å². The number of imide groups is 2. The second-order valence-corrected chi connectivity index (χ2v) is 13.1. The van der Waals surface area contributed by atoms with E-state index < -0.39 is 17.8 Å². The lowest BCUT2D eigenvalue weighted by molar-refractivity contribution is -0.122. The molecule has 1 aliphatic rings. The molecular weight excluding hydrogens is 778 g/mol. The standard InChI is InChI=1S/C38H29Cl2IN2O6/c1-3-47-34-18-23(17-33(41)35(34)49-21-31-22(2)8-9-24-6-4-5-7-29(24)31)16-30-36(44)42-38(46)43(37(30)45)27-12-14-28(15-13-27)48-20-25-10-11-26(39)19-32(25)40/h4-19H,3,20-21H2,1-2H3,(H,42,44,46)/b30-16+. The third-order valence-corrected chi connectivity index (χ3v) is 9.27. The van der Waals surface area contributed by atoms with Crippen LogP contribution in [0.2, 0.25) is 10.0 Å². The first-order chi connectivity index (χ1) is 23.6.